The Labute approximate surface area is 157 Å². The van der Waals surface area contributed by atoms with Crippen LogP contribution >= 0.6 is 67.8 Å². The molecule has 0 fully saturated rings. The van der Waals surface area contributed by atoms with E-state index in [2.05, 4.69) is 27.9 Å². The predicted molar refractivity (Wildman–Crippen MR) is 103 cm³/mol. The normalized spacial score (nSPS) is 10.1. The maximum atomic E-state index is 11.6. The Bertz CT molecular complexity index is 602. The molecule has 108 valence electrons. The Balaban J connectivity index is 3.71. The maximum absolute atomic E-state index is 11.6. The van der Waals surface area contributed by atoms with Crippen LogP contribution < -0.4 is 10.2 Å². The monoisotopic (exact) mass is 612 g/mol. The first-order valence-corrected chi connectivity index (χ1v) is 8.63. The number of carbonyl (C=O) groups is 3. The Morgan fingerprint density at radius 1 is 1.10 bits per heavy atom. The molecule has 5 nitrogen and oxygen atoms in total. The van der Waals surface area contributed by atoms with Crippen LogP contribution in [0, 0.1) is 10.7 Å². The Morgan fingerprint density at radius 3 is 2.05 bits per heavy atom. The smallest absolute Gasteiger partial charge is 0.223 e. The van der Waals surface area contributed by atoms with E-state index in [-0.39, 0.29) is 11.8 Å². The highest BCUT2D eigenvalue weighted by atomic mass is 127. The van der Waals surface area contributed by atoms with Gasteiger partial charge in [-0.2, -0.15) is 0 Å². The van der Waals surface area contributed by atoms with Crippen molar-refractivity contribution in [1.82, 2.24) is 0 Å². The van der Waals surface area contributed by atoms with E-state index in [0.29, 0.717) is 24.1 Å². The molecule has 2 amide bonds. The van der Waals surface area contributed by atoms with Crippen molar-refractivity contribution in [3.8, 4) is 0 Å². The minimum atomic E-state index is -0.227. The van der Waals surface area contributed by atoms with Crippen LogP contribution in [-0.2, 0) is 9.59 Å². The van der Waals surface area contributed by atoms with Gasteiger partial charge in [0.25, 0.3) is 0 Å². The van der Waals surface area contributed by atoms with Crippen LogP contribution in [0.1, 0.15) is 24.2 Å². The lowest BCUT2D eigenvalue weighted by atomic mass is 10.1. The molecule has 0 atom stereocenters. The van der Waals surface area contributed by atoms with E-state index in [0.717, 1.165) is 9.86 Å². The summed E-state index contributed by atoms with van der Waals surface area (Å²) in [5.41, 5.74) is 1.66. The van der Waals surface area contributed by atoms with Gasteiger partial charge in [-0.3, -0.25) is 14.4 Å². The average molecular weight is 612 g/mol. The van der Waals surface area contributed by atoms with E-state index in [1.165, 1.54) is 18.7 Å². The molecule has 1 aromatic carbocycles. The van der Waals surface area contributed by atoms with Gasteiger partial charge in [-0.05, 0) is 67.8 Å². The summed E-state index contributed by atoms with van der Waals surface area (Å²) in [5.74, 6) is -0.372. The van der Waals surface area contributed by atoms with Gasteiger partial charge in [0.05, 0.1) is 14.9 Å². The first-order valence-electron chi connectivity index (χ1n) is 5.39. The topological polar surface area (TPSA) is 66.5 Å². The summed E-state index contributed by atoms with van der Waals surface area (Å²) in [6, 6.07) is 0. The fourth-order valence-corrected chi connectivity index (χ4v) is 5.92. The molecular weight excluding hydrogens is 601 g/mol. The minimum Gasteiger partial charge on any atom is -0.324 e. The number of nitrogens with one attached hydrogen (secondary N) is 1. The number of hydrogen-bond donors (Lipinski definition) is 1. The first-order chi connectivity index (χ1) is 9.22. The summed E-state index contributed by atoms with van der Waals surface area (Å²) in [5, 5.41) is 2.72. The molecular formula is C12H11I3N2O3. The van der Waals surface area contributed by atoms with Crippen molar-refractivity contribution in [3.63, 3.8) is 0 Å². The number of benzene rings is 1. The van der Waals surface area contributed by atoms with E-state index >= 15 is 0 Å². The average Bonchev–Trinajstić information content (AvgIpc) is 2.34. The van der Waals surface area contributed by atoms with Gasteiger partial charge < -0.3 is 10.2 Å². The third-order valence-corrected chi connectivity index (χ3v) is 5.82. The van der Waals surface area contributed by atoms with Crippen LogP contribution in [0.5, 0.6) is 0 Å². The third kappa shape index (κ3) is 3.61. The van der Waals surface area contributed by atoms with Crippen molar-refractivity contribution in [3.05, 3.63) is 16.3 Å². The van der Waals surface area contributed by atoms with Crippen LogP contribution in [-0.4, -0.2) is 25.1 Å². The molecule has 0 bridgehead atoms. The zero-order valence-electron chi connectivity index (χ0n) is 10.9. The van der Waals surface area contributed by atoms with Crippen LogP contribution in [0.4, 0.5) is 11.4 Å². The number of rotatable bonds is 3. The fourth-order valence-electron chi connectivity index (χ4n) is 1.51. The fraction of sp³-hybridized carbons (Fsp3) is 0.250. The van der Waals surface area contributed by atoms with E-state index in [9.17, 15) is 14.4 Å². The highest BCUT2D eigenvalue weighted by molar-refractivity contribution is 14.1. The van der Waals surface area contributed by atoms with Crippen molar-refractivity contribution in [1.29, 1.82) is 0 Å². The Kier molecular flexibility index (Phi) is 6.63. The van der Waals surface area contributed by atoms with E-state index in [1.807, 2.05) is 45.2 Å². The van der Waals surface area contributed by atoms with Crippen LogP contribution in [0.15, 0.2) is 0 Å². The van der Waals surface area contributed by atoms with Gasteiger partial charge in [-0.15, -0.1) is 0 Å². The summed E-state index contributed by atoms with van der Waals surface area (Å²) in [7, 11) is 1.64. The molecule has 8 heteroatoms. The molecule has 1 N–H and O–H groups in total. The Morgan fingerprint density at radius 2 is 1.65 bits per heavy atom. The molecule has 0 radical (unpaired) electrons. The molecule has 0 aliphatic heterocycles. The van der Waals surface area contributed by atoms with Gasteiger partial charge >= 0.3 is 0 Å². The van der Waals surface area contributed by atoms with E-state index < -0.39 is 0 Å². The number of nitrogens with zero attached hydrogens (tertiary/aromatic N) is 1. The molecule has 0 saturated carbocycles. The van der Waals surface area contributed by atoms with E-state index in [4.69, 9.17) is 0 Å². The van der Waals surface area contributed by atoms with Crippen LogP contribution in [0.3, 0.4) is 0 Å². The van der Waals surface area contributed by atoms with Gasteiger partial charge in [-0.25, -0.2) is 0 Å². The summed E-state index contributed by atoms with van der Waals surface area (Å²) in [4.78, 5) is 35.7. The molecule has 0 heterocycles. The number of halogens is 3. The zero-order chi connectivity index (χ0) is 15.6. The molecule has 0 aliphatic rings. The summed E-state index contributed by atoms with van der Waals surface area (Å²) in [6.45, 7) is 2.85. The largest absolute Gasteiger partial charge is 0.324 e. The lowest BCUT2D eigenvalue weighted by Crippen LogP contribution is -2.26. The van der Waals surface area contributed by atoms with Crippen molar-refractivity contribution in [2.24, 2.45) is 0 Å². The van der Waals surface area contributed by atoms with Gasteiger partial charge in [0, 0.05) is 33.6 Å². The molecule has 20 heavy (non-hydrogen) atoms. The molecule has 1 rings (SSSR count). The number of anilines is 2. The number of aldehydes is 1. The lowest BCUT2D eigenvalue weighted by molar-refractivity contribution is -0.116. The van der Waals surface area contributed by atoms with Crippen molar-refractivity contribution >= 4 is 97.2 Å². The quantitative estimate of drug-likeness (QED) is 0.422. The molecule has 1 aromatic rings. The standard InChI is InChI=1S/C12H11I3N2O3/c1-5(19)16-11-8(13)7(4-18)9(14)12(10(11)15)17(3)6(2)20/h4H,1-3H3,(H,16,19). The SMILES string of the molecule is CC(=O)Nc1c(I)c(C=O)c(I)c(N(C)C(C)=O)c1I. The minimum absolute atomic E-state index is 0.146. The van der Waals surface area contributed by atoms with Crippen molar-refractivity contribution < 1.29 is 14.4 Å². The van der Waals surface area contributed by atoms with Crippen LogP contribution in [0.25, 0.3) is 0 Å². The first kappa shape index (κ1) is 18.1. The van der Waals surface area contributed by atoms with Gasteiger partial charge in [0.2, 0.25) is 11.8 Å². The van der Waals surface area contributed by atoms with Gasteiger partial charge in [-0.1, -0.05) is 0 Å². The highest BCUT2D eigenvalue weighted by Crippen LogP contribution is 2.39. The predicted octanol–water partition coefficient (Wildman–Crippen LogP) is 3.25. The van der Waals surface area contributed by atoms with Crippen LogP contribution in [0.2, 0.25) is 0 Å². The molecule has 0 aromatic heterocycles. The summed E-state index contributed by atoms with van der Waals surface area (Å²) in [6.07, 6.45) is 0.739. The number of hydrogen-bond acceptors (Lipinski definition) is 3. The molecule has 0 unspecified atom stereocenters. The summed E-state index contributed by atoms with van der Waals surface area (Å²) >= 11 is 6.14. The highest BCUT2D eigenvalue weighted by Gasteiger charge is 2.24. The van der Waals surface area contributed by atoms with Gasteiger partial charge in [0.1, 0.15) is 0 Å². The second-order valence-electron chi connectivity index (χ2n) is 3.96. The van der Waals surface area contributed by atoms with Gasteiger partial charge in [0.15, 0.2) is 6.29 Å². The molecule has 0 spiro atoms. The van der Waals surface area contributed by atoms with Crippen molar-refractivity contribution in [2.45, 2.75) is 13.8 Å². The zero-order valence-corrected chi connectivity index (χ0v) is 17.4. The number of amides is 2. The van der Waals surface area contributed by atoms with Crippen molar-refractivity contribution in [2.75, 3.05) is 17.3 Å². The third-order valence-electron chi connectivity index (χ3n) is 2.55. The molecule has 0 saturated heterocycles. The lowest BCUT2D eigenvalue weighted by Gasteiger charge is -2.23. The summed E-state index contributed by atoms with van der Waals surface area (Å²) < 4.78 is 2.09. The molecule has 0 aliphatic carbocycles. The Hall–Kier alpha value is 0.0200. The second kappa shape index (κ2) is 7.33. The van der Waals surface area contributed by atoms with E-state index in [1.54, 1.807) is 7.05 Å². The number of carbonyl (C=O) groups excluding carboxylic acids is 3. The maximum Gasteiger partial charge on any atom is 0.223 e. The second-order valence-corrected chi connectivity index (χ2v) is 7.19.